The quantitative estimate of drug-likeness (QED) is 0.697. The summed E-state index contributed by atoms with van der Waals surface area (Å²) < 4.78 is 7.29. The Morgan fingerprint density at radius 3 is 3.17 bits per heavy atom. The molecule has 1 saturated carbocycles. The number of aromatic amines is 1. The van der Waals surface area contributed by atoms with Gasteiger partial charge in [0.15, 0.2) is 5.65 Å². The van der Waals surface area contributed by atoms with Crippen molar-refractivity contribution in [1.82, 2.24) is 30.3 Å². The number of fused-ring (bicyclic) bond motifs is 3. The van der Waals surface area contributed by atoms with Crippen LogP contribution in [-0.4, -0.2) is 51.3 Å². The van der Waals surface area contributed by atoms with E-state index in [0.29, 0.717) is 12.1 Å². The number of nitrogens with zero attached hydrogens (tertiary/aromatic N) is 4. The zero-order chi connectivity index (χ0) is 14.9. The highest BCUT2D eigenvalue weighted by atomic mass is 35.5. The third kappa shape index (κ3) is 2.91. The summed E-state index contributed by atoms with van der Waals surface area (Å²) in [6.45, 7) is 1.66. The SMILES string of the molecule is COCCNC1CCC(n2[nH]nc3cnc4nccc4c32)C1.Cl. The monoisotopic (exact) mass is 336 g/mol. The fourth-order valence-corrected chi connectivity index (χ4v) is 3.44. The van der Waals surface area contributed by atoms with E-state index in [1.54, 1.807) is 19.5 Å². The van der Waals surface area contributed by atoms with Gasteiger partial charge in [-0.25, -0.2) is 15.2 Å². The third-order valence-corrected chi connectivity index (χ3v) is 4.51. The number of hydrogen-bond donors (Lipinski definition) is 2. The molecule has 0 radical (unpaired) electrons. The highest BCUT2D eigenvalue weighted by Crippen LogP contribution is 2.33. The van der Waals surface area contributed by atoms with Crippen LogP contribution in [0.2, 0.25) is 0 Å². The number of rotatable bonds is 5. The molecule has 3 aromatic rings. The summed E-state index contributed by atoms with van der Waals surface area (Å²) >= 11 is 0. The molecule has 23 heavy (non-hydrogen) atoms. The first kappa shape index (κ1) is 16.2. The minimum atomic E-state index is 0. The van der Waals surface area contributed by atoms with E-state index in [4.69, 9.17) is 4.74 Å². The Labute approximate surface area is 140 Å². The van der Waals surface area contributed by atoms with Crippen LogP contribution in [0.15, 0.2) is 18.5 Å². The molecule has 0 spiro atoms. The van der Waals surface area contributed by atoms with Crippen LogP contribution in [0.5, 0.6) is 0 Å². The van der Waals surface area contributed by atoms with E-state index in [1.165, 1.54) is 6.42 Å². The van der Waals surface area contributed by atoms with Gasteiger partial charge in [0.2, 0.25) is 0 Å². The highest BCUT2D eigenvalue weighted by molar-refractivity contribution is 6.00. The fraction of sp³-hybridized carbons (Fsp3) is 0.533. The molecular formula is C15H21ClN6O. The van der Waals surface area contributed by atoms with E-state index in [1.807, 2.05) is 6.07 Å². The molecule has 4 rings (SSSR count). The molecule has 1 aliphatic carbocycles. The molecule has 7 nitrogen and oxygen atoms in total. The average Bonchev–Trinajstić information content (AvgIpc) is 3.25. The molecule has 2 N–H and O–H groups in total. The number of hydrogen-bond acceptors (Lipinski definition) is 5. The van der Waals surface area contributed by atoms with E-state index in [2.05, 4.69) is 30.3 Å². The van der Waals surface area contributed by atoms with Crippen LogP contribution < -0.4 is 5.32 Å². The zero-order valence-electron chi connectivity index (χ0n) is 13.0. The second kappa shape index (κ2) is 6.82. The minimum absolute atomic E-state index is 0. The number of methoxy groups -OCH3 is 1. The standard InChI is InChI=1S/C15H20N6O.ClH/c1-22-7-6-16-10-2-3-11(8-10)21-14-12-4-5-17-15(12)18-9-13(14)19-20-21;/h4-5,9-11,16,20H,2-3,6-8H2,1H3;1H. The molecule has 2 atom stereocenters. The molecule has 8 heteroatoms. The van der Waals surface area contributed by atoms with Crippen molar-refractivity contribution >= 4 is 34.5 Å². The largest absolute Gasteiger partial charge is 0.383 e. The van der Waals surface area contributed by atoms with Gasteiger partial charge in [-0.2, -0.15) is 5.10 Å². The highest BCUT2D eigenvalue weighted by Gasteiger charge is 2.27. The summed E-state index contributed by atoms with van der Waals surface area (Å²) in [5, 5.41) is 12.2. The number of nitrogens with one attached hydrogen (secondary N) is 2. The Balaban J connectivity index is 0.00000156. The first-order valence-corrected chi connectivity index (χ1v) is 7.75. The Bertz CT molecular complexity index is 785. The van der Waals surface area contributed by atoms with Crippen LogP contribution >= 0.6 is 12.4 Å². The molecule has 1 aliphatic rings. The first-order valence-electron chi connectivity index (χ1n) is 7.75. The second-order valence-corrected chi connectivity index (χ2v) is 5.87. The number of aromatic nitrogens is 5. The van der Waals surface area contributed by atoms with Gasteiger partial charge >= 0.3 is 0 Å². The Morgan fingerprint density at radius 2 is 2.30 bits per heavy atom. The summed E-state index contributed by atoms with van der Waals surface area (Å²) in [6, 6.07) is 2.99. The van der Waals surface area contributed by atoms with Crippen molar-refractivity contribution in [2.45, 2.75) is 31.3 Å². The van der Waals surface area contributed by atoms with Crippen LogP contribution in [0.4, 0.5) is 0 Å². The molecule has 124 valence electrons. The zero-order valence-corrected chi connectivity index (χ0v) is 13.8. The van der Waals surface area contributed by atoms with Crippen molar-refractivity contribution in [3.8, 4) is 0 Å². The van der Waals surface area contributed by atoms with Gasteiger partial charge in [0, 0.05) is 31.3 Å². The second-order valence-electron chi connectivity index (χ2n) is 5.87. The summed E-state index contributed by atoms with van der Waals surface area (Å²) in [7, 11) is 1.74. The third-order valence-electron chi connectivity index (χ3n) is 4.51. The van der Waals surface area contributed by atoms with Crippen molar-refractivity contribution in [3.05, 3.63) is 18.5 Å². The van der Waals surface area contributed by atoms with E-state index in [-0.39, 0.29) is 12.4 Å². The Hall–Kier alpha value is -1.70. The number of halogens is 1. The Morgan fingerprint density at radius 1 is 1.39 bits per heavy atom. The molecular weight excluding hydrogens is 316 g/mol. The van der Waals surface area contributed by atoms with Crippen molar-refractivity contribution in [3.63, 3.8) is 0 Å². The van der Waals surface area contributed by atoms with Gasteiger partial charge < -0.3 is 10.1 Å². The van der Waals surface area contributed by atoms with Crippen molar-refractivity contribution < 1.29 is 4.74 Å². The molecule has 3 heterocycles. The van der Waals surface area contributed by atoms with Crippen LogP contribution in [0.3, 0.4) is 0 Å². The lowest BCUT2D eigenvalue weighted by atomic mass is 10.2. The normalized spacial score (nSPS) is 21.1. The maximum atomic E-state index is 5.10. The van der Waals surface area contributed by atoms with Crippen LogP contribution in [0.25, 0.3) is 22.1 Å². The topological polar surface area (TPSA) is 80.6 Å². The summed E-state index contributed by atoms with van der Waals surface area (Å²) in [5.41, 5.74) is 2.80. The van der Waals surface area contributed by atoms with Crippen molar-refractivity contribution in [2.75, 3.05) is 20.3 Å². The van der Waals surface area contributed by atoms with Crippen molar-refractivity contribution in [1.29, 1.82) is 0 Å². The molecule has 0 aliphatic heterocycles. The van der Waals surface area contributed by atoms with Gasteiger partial charge in [-0.1, -0.05) is 0 Å². The Kier molecular flexibility index (Phi) is 4.79. The predicted molar refractivity (Wildman–Crippen MR) is 91.0 cm³/mol. The van der Waals surface area contributed by atoms with Gasteiger partial charge in [0.1, 0.15) is 5.52 Å². The summed E-state index contributed by atoms with van der Waals surface area (Å²) in [6.07, 6.45) is 7.02. The van der Waals surface area contributed by atoms with Gasteiger partial charge in [0.25, 0.3) is 0 Å². The fourth-order valence-electron chi connectivity index (χ4n) is 3.44. The summed E-state index contributed by atoms with van der Waals surface area (Å²) in [5.74, 6) is 0. The van der Waals surface area contributed by atoms with E-state index in [9.17, 15) is 0 Å². The molecule has 2 unspecified atom stereocenters. The average molecular weight is 337 g/mol. The number of ether oxygens (including phenoxy) is 1. The lowest BCUT2D eigenvalue weighted by Gasteiger charge is -2.14. The van der Waals surface area contributed by atoms with Crippen LogP contribution in [0.1, 0.15) is 25.3 Å². The van der Waals surface area contributed by atoms with Gasteiger partial charge in [-0.05, 0) is 25.3 Å². The molecule has 0 bridgehead atoms. The molecule has 1 fully saturated rings. The maximum absolute atomic E-state index is 5.10. The van der Waals surface area contributed by atoms with Crippen LogP contribution in [-0.2, 0) is 4.74 Å². The number of H-pyrrole nitrogens is 1. The first-order chi connectivity index (χ1) is 10.9. The van der Waals surface area contributed by atoms with Gasteiger partial charge in [-0.15, -0.1) is 12.4 Å². The van der Waals surface area contributed by atoms with Gasteiger partial charge in [0.05, 0.1) is 24.4 Å². The molecule has 0 amide bonds. The van der Waals surface area contributed by atoms with E-state index < -0.39 is 0 Å². The molecule has 0 saturated heterocycles. The lowest BCUT2D eigenvalue weighted by molar-refractivity contribution is 0.195. The minimum Gasteiger partial charge on any atom is -0.383 e. The number of pyridine rings is 1. The predicted octanol–water partition coefficient (Wildman–Crippen LogP) is 2.06. The smallest absolute Gasteiger partial charge is 0.161 e. The molecule has 0 aromatic carbocycles. The summed E-state index contributed by atoms with van der Waals surface area (Å²) in [4.78, 5) is 8.63. The molecule has 3 aromatic heterocycles. The van der Waals surface area contributed by atoms with E-state index in [0.717, 1.165) is 48.1 Å². The van der Waals surface area contributed by atoms with Crippen LogP contribution in [0, 0.1) is 0 Å². The van der Waals surface area contributed by atoms with E-state index >= 15 is 0 Å². The lowest BCUT2D eigenvalue weighted by Crippen LogP contribution is -2.29. The van der Waals surface area contributed by atoms with Crippen molar-refractivity contribution in [2.24, 2.45) is 0 Å². The maximum Gasteiger partial charge on any atom is 0.161 e. The van der Waals surface area contributed by atoms with Gasteiger partial charge in [-0.3, -0.25) is 4.68 Å².